The molecule has 3 aromatic rings. The number of anilines is 2. The predicted molar refractivity (Wildman–Crippen MR) is 149 cm³/mol. The lowest BCUT2D eigenvalue weighted by atomic mass is 9.99. The van der Waals surface area contributed by atoms with Crippen molar-refractivity contribution in [2.45, 2.75) is 32.5 Å². The maximum atomic E-state index is 13.6. The van der Waals surface area contributed by atoms with Gasteiger partial charge in [-0.05, 0) is 59.8 Å². The van der Waals surface area contributed by atoms with Gasteiger partial charge in [-0.2, -0.15) is 0 Å². The number of fused-ring (bicyclic) bond motifs is 1. The zero-order chi connectivity index (χ0) is 29.5. The Morgan fingerprint density at radius 1 is 1.20 bits per heavy atom. The molecule has 0 unspecified atom stereocenters. The first kappa shape index (κ1) is 29.3. The van der Waals surface area contributed by atoms with E-state index in [4.69, 9.17) is 9.47 Å². The number of benzene rings is 2. The van der Waals surface area contributed by atoms with Crippen LogP contribution in [0.4, 0.5) is 16.2 Å². The molecule has 2 heterocycles. The molecule has 1 aliphatic rings. The highest BCUT2D eigenvalue weighted by molar-refractivity contribution is 6.00. The Bertz CT molecular complexity index is 1350. The lowest BCUT2D eigenvalue weighted by Gasteiger charge is -2.38. The van der Waals surface area contributed by atoms with Crippen LogP contribution in [0.25, 0.3) is 0 Å². The van der Waals surface area contributed by atoms with E-state index in [1.165, 1.54) is 15.9 Å². The normalized spacial score (nSPS) is 17.4. The van der Waals surface area contributed by atoms with Gasteiger partial charge in [0.25, 0.3) is 5.91 Å². The highest BCUT2D eigenvalue weighted by atomic mass is 16.5. The number of urea groups is 1. The second kappa shape index (κ2) is 13.1. The number of nitrogens with one attached hydrogen (secondary N) is 2. The van der Waals surface area contributed by atoms with Gasteiger partial charge in [-0.3, -0.25) is 9.59 Å². The standard InChI is InChI=1S/C27H34N8O6/c1-17-12-35(18(2)15-36)26(38)22-11-20(29-25(37)14-34-16-28-31-32-34)7-10-23(22)41-24(17)13-33(3)27(39)30-19-5-8-21(40-4)9-6-19/h5-11,16-18,24,36H,12-15H2,1-4H3,(H,29,37)(H,30,39)/t17-,18+,24-/m1/s1. The highest BCUT2D eigenvalue weighted by Gasteiger charge is 2.34. The van der Waals surface area contributed by atoms with Crippen molar-refractivity contribution in [3.63, 3.8) is 0 Å². The van der Waals surface area contributed by atoms with Crippen molar-refractivity contribution in [3.05, 3.63) is 54.4 Å². The molecule has 1 aromatic heterocycles. The van der Waals surface area contributed by atoms with E-state index in [-0.39, 0.29) is 55.6 Å². The van der Waals surface area contributed by atoms with E-state index < -0.39 is 12.1 Å². The van der Waals surface area contributed by atoms with E-state index in [1.807, 2.05) is 6.92 Å². The summed E-state index contributed by atoms with van der Waals surface area (Å²) in [6, 6.07) is 11.0. The van der Waals surface area contributed by atoms with Gasteiger partial charge in [0, 0.05) is 30.9 Å². The maximum absolute atomic E-state index is 13.6. The van der Waals surface area contributed by atoms with Crippen LogP contribution in [0.1, 0.15) is 24.2 Å². The lowest BCUT2D eigenvalue weighted by molar-refractivity contribution is -0.116. The number of hydrogen-bond donors (Lipinski definition) is 3. The van der Waals surface area contributed by atoms with E-state index >= 15 is 0 Å². The molecule has 4 amide bonds. The lowest BCUT2D eigenvalue weighted by Crippen LogP contribution is -2.50. The molecule has 0 saturated carbocycles. The third-order valence-corrected chi connectivity index (χ3v) is 6.79. The molecule has 0 fully saturated rings. The molecule has 41 heavy (non-hydrogen) atoms. The monoisotopic (exact) mass is 566 g/mol. The largest absolute Gasteiger partial charge is 0.497 e. The Kier molecular flexibility index (Phi) is 9.34. The molecule has 14 heteroatoms. The summed E-state index contributed by atoms with van der Waals surface area (Å²) in [5.41, 5.74) is 1.23. The molecule has 0 radical (unpaired) electrons. The molecule has 3 atom stereocenters. The van der Waals surface area contributed by atoms with E-state index in [0.717, 1.165) is 0 Å². The van der Waals surface area contributed by atoms with Crippen LogP contribution in [0.3, 0.4) is 0 Å². The van der Waals surface area contributed by atoms with E-state index in [9.17, 15) is 19.5 Å². The van der Waals surface area contributed by atoms with Gasteiger partial charge < -0.3 is 35.0 Å². The number of nitrogens with zero attached hydrogens (tertiary/aromatic N) is 6. The number of amides is 4. The fraction of sp³-hybridized carbons (Fsp3) is 0.407. The van der Waals surface area contributed by atoms with Crippen LogP contribution in [0.2, 0.25) is 0 Å². The minimum atomic E-state index is -0.484. The van der Waals surface area contributed by atoms with Gasteiger partial charge >= 0.3 is 6.03 Å². The number of rotatable bonds is 9. The molecule has 3 N–H and O–H groups in total. The van der Waals surface area contributed by atoms with Crippen molar-refractivity contribution >= 4 is 29.2 Å². The zero-order valence-corrected chi connectivity index (χ0v) is 23.4. The van der Waals surface area contributed by atoms with Crippen molar-refractivity contribution in [2.75, 3.05) is 44.5 Å². The van der Waals surface area contributed by atoms with E-state index in [0.29, 0.717) is 22.9 Å². The number of tetrazole rings is 1. The third kappa shape index (κ3) is 7.28. The quantitative estimate of drug-likeness (QED) is 0.350. The Morgan fingerprint density at radius 2 is 1.93 bits per heavy atom. The summed E-state index contributed by atoms with van der Waals surface area (Å²) >= 11 is 0. The number of hydrogen-bond acceptors (Lipinski definition) is 9. The molecular weight excluding hydrogens is 532 g/mol. The van der Waals surface area contributed by atoms with Crippen molar-refractivity contribution < 1.29 is 29.0 Å². The van der Waals surface area contributed by atoms with Crippen LogP contribution in [0.5, 0.6) is 11.5 Å². The zero-order valence-electron chi connectivity index (χ0n) is 23.4. The summed E-state index contributed by atoms with van der Waals surface area (Å²) in [5.74, 6) is 0.0809. The van der Waals surface area contributed by atoms with Gasteiger partial charge in [-0.15, -0.1) is 5.10 Å². The second-order valence-electron chi connectivity index (χ2n) is 9.93. The molecule has 2 aromatic carbocycles. The first-order valence-electron chi connectivity index (χ1n) is 13.1. The predicted octanol–water partition coefficient (Wildman–Crippen LogP) is 1.70. The van der Waals surface area contributed by atoms with E-state index in [2.05, 4.69) is 26.2 Å². The van der Waals surface area contributed by atoms with Crippen LogP contribution in [-0.2, 0) is 11.3 Å². The van der Waals surface area contributed by atoms with Crippen LogP contribution in [0, 0.1) is 5.92 Å². The number of aliphatic hydroxyl groups excluding tert-OH is 1. The Balaban J connectivity index is 1.53. The van der Waals surface area contributed by atoms with Crippen molar-refractivity contribution in [2.24, 2.45) is 5.92 Å². The van der Waals surface area contributed by atoms with Gasteiger partial charge in [0.15, 0.2) is 0 Å². The number of aliphatic hydroxyl groups is 1. The topological polar surface area (TPSA) is 164 Å². The molecule has 0 spiro atoms. The highest BCUT2D eigenvalue weighted by Crippen LogP contribution is 2.31. The Labute approximate surface area is 237 Å². The third-order valence-electron chi connectivity index (χ3n) is 6.79. The molecule has 14 nitrogen and oxygen atoms in total. The summed E-state index contributed by atoms with van der Waals surface area (Å²) in [6.45, 7) is 3.87. The SMILES string of the molecule is COc1ccc(NC(=O)N(C)C[C@H]2Oc3ccc(NC(=O)Cn4cnnn4)cc3C(=O)N([C@@H](C)CO)C[C@H]2C)cc1. The molecule has 0 bridgehead atoms. The first-order chi connectivity index (χ1) is 19.7. The van der Waals surface area contributed by atoms with Crippen molar-refractivity contribution in [3.8, 4) is 11.5 Å². The van der Waals surface area contributed by atoms with Crippen LogP contribution in [0.15, 0.2) is 48.8 Å². The fourth-order valence-electron chi connectivity index (χ4n) is 4.36. The maximum Gasteiger partial charge on any atom is 0.321 e. The van der Waals surface area contributed by atoms with Crippen LogP contribution < -0.4 is 20.1 Å². The minimum absolute atomic E-state index is 0.104. The van der Waals surface area contributed by atoms with Gasteiger partial charge in [-0.1, -0.05) is 6.92 Å². The molecular formula is C27H34N8O6. The summed E-state index contributed by atoms with van der Waals surface area (Å²) in [6.07, 6.45) is 0.837. The van der Waals surface area contributed by atoms with Gasteiger partial charge in [0.05, 0.1) is 31.9 Å². The average Bonchev–Trinajstić information content (AvgIpc) is 3.48. The number of likely N-dealkylation sites (N-methyl/N-ethyl adjacent to an activating group) is 1. The summed E-state index contributed by atoms with van der Waals surface area (Å²) in [7, 11) is 3.23. The first-order valence-corrected chi connectivity index (χ1v) is 13.1. The smallest absolute Gasteiger partial charge is 0.321 e. The van der Waals surface area contributed by atoms with Crippen LogP contribution >= 0.6 is 0 Å². The van der Waals surface area contributed by atoms with Gasteiger partial charge in [-0.25, -0.2) is 9.48 Å². The van der Waals surface area contributed by atoms with Gasteiger partial charge in [0.1, 0.15) is 30.5 Å². The van der Waals surface area contributed by atoms with Crippen molar-refractivity contribution in [1.29, 1.82) is 0 Å². The van der Waals surface area contributed by atoms with Gasteiger partial charge in [0.2, 0.25) is 5.91 Å². The molecule has 0 aliphatic carbocycles. The Morgan fingerprint density at radius 3 is 2.59 bits per heavy atom. The number of carbonyl (C=O) groups is 3. The Hall–Kier alpha value is -4.72. The van der Waals surface area contributed by atoms with Crippen LogP contribution in [-0.4, -0.2) is 99.0 Å². The van der Waals surface area contributed by atoms with E-state index in [1.54, 1.807) is 68.4 Å². The molecule has 1 aliphatic heterocycles. The molecule has 0 saturated heterocycles. The summed E-state index contributed by atoms with van der Waals surface area (Å²) in [5, 5.41) is 26.2. The minimum Gasteiger partial charge on any atom is -0.497 e. The number of aromatic nitrogens is 4. The molecule has 218 valence electrons. The number of methoxy groups -OCH3 is 1. The summed E-state index contributed by atoms with van der Waals surface area (Å²) < 4.78 is 12.8. The number of ether oxygens (including phenoxy) is 2. The molecule has 4 rings (SSSR count). The van der Waals surface area contributed by atoms with Crippen molar-refractivity contribution in [1.82, 2.24) is 30.0 Å². The number of carbonyl (C=O) groups excluding carboxylic acids is 3. The average molecular weight is 567 g/mol. The summed E-state index contributed by atoms with van der Waals surface area (Å²) in [4.78, 5) is 42.2. The second-order valence-corrected chi connectivity index (χ2v) is 9.93. The fourth-order valence-corrected chi connectivity index (χ4v) is 4.36.